The number of hydrogen-bond acceptors (Lipinski definition) is 7. The molecule has 0 unspecified atom stereocenters. The molecule has 0 saturated heterocycles. The van der Waals surface area contributed by atoms with Crippen molar-refractivity contribution in [2.45, 2.75) is 45.4 Å². The summed E-state index contributed by atoms with van der Waals surface area (Å²) < 4.78 is 10.9. The molecule has 1 N–H and O–H groups in total. The van der Waals surface area contributed by atoms with E-state index in [1.54, 1.807) is 18.3 Å². The van der Waals surface area contributed by atoms with Crippen molar-refractivity contribution in [3.05, 3.63) is 54.0 Å². The van der Waals surface area contributed by atoms with E-state index in [1.807, 2.05) is 12.1 Å². The summed E-state index contributed by atoms with van der Waals surface area (Å²) in [6, 6.07) is 13.6. The van der Waals surface area contributed by atoms with Gasteiger partial charge in [0.25, 0.3) is 0 Å². The van der Waals surface area contributed by atoms with Gasteiger partial charge in [-0.1, -0.05) is 43.3 Å². The van der Waals surface area contributed by atoms with Crippen LogP contribution in [0.5, 0.6) is 5.75 Å². The smallest absolute Gasteiger partial charge is 0.227 e. The third-order valence-corrected chi connectivity index (χ3v) is 4.59. The van der Waals surface area contributed by atoms with Crippen LogP contribution >= 0.6 is 0 Å². The molecule has 0 aliphatic rings. The molecule has 0 fully saturated rings. The summed E-state index contributed by atoms with van der Waals surface area (Å²) in [5.41, 5.74) is 2.11. The molecule has 0 aliphatic carbocycles. The Hall–Kier alpha value is -3.73. The van der Waals surface area contributed by atoms with Crippen molar-refractivity contribution < 1.29 is 14.1 Å². The molecule has 0 radical (unpaired) electrons. The standard InChI is InChI=1S/C23H25N5O3/c1-16(2)17-7-9-18(10-8-17)22-27-21(31-28-22)12-11-20(29)26-23-19(6-5-14-25-23)30-15-4-3-13-24/h5-10,14,16H,3-4,11-12,15H2,1-2H3,(H,25,26,29). The second-order valence-corrected chi connectivity index (χ2v) is 7.30. The molecule has 2 aromatic heterocycles. The molecular formula is C23H25N5O3. The fraction of sp³-hybridized carbons (Fsp3) is 0.348. The van der Waals surface area contributed by atoms with Gasteiger partial charge in [0, 0.05) is 31.0 Å². The van der Waals surface area contributed by atoms with Crippen molar-refractivity contribution in [3.8, 4) is 23.2 Å². The highest BCUT2D eigenvalue weighted by molar-refractivity contribution is 5.91. The lowest BCUT2D eigenvalue weighted by atomic mass is 10.0. The Morgan fingerprint density at radius 2 is 2.06 bits per heavy atom. The fourth-order valence-corrected chi connectivity index (χ4v) is 2.84. The van der Waals surface area contributed by atoms with E-state index in [0.29, 0.717) is 55.1 Å². The van der Waals surface area contributed by atoms with E-state index in [1.165, 1.54) is 5.56 Å². The zero-order valence-corrected chi connectivity index (χ0v) is 17.7. The van der Waals surface area contributed by atoms with Crippen molar-refractivity contribution >= 4 is 11.7 Å². The van der Waals surface area contributed by atoms with E-state index in [2.05, 4.69) is 52.5 Å². The second kappa shape index (κ2) is 10.9. The summed E-state index contributed by atoms with van der Waals surface area (Å²) in [5.74, 6) is 1.94. The predicted octanol–water partition coefficient (Wildman–Crippen LogP) is 4.51. The number of nitriles is 1. The Morgan fingerprint density at radius 3 is 2.81 bits per heavy atom. The second-order valence-electron chi connectivity index (χ2n) is 7.30. The first kappa shape index (κ1) is 22.0. The fourth-order valence-electron chi connectivity index (χ4n) is 2.84. The number of anilines is 1. The van der Waals surface area contributed by atoms with Crippen LogP contribution in [-0.2, 0) is 11.2 Å². The van der Waals surface area contributed by atoms with Gasteiger partial charge in [-0.15, -0.1) is 0 Å². The number of ether oxygens (including phenoxy) is 1. The van der Waals surface area contributed by atoms with E-state index in [4.69, 9.17) is 14.5 Å². The molecule has 31 heavy (non-hydrogen) atoms. The molecule has 0 bridgehead atoms. The van der Waals surface area contributed by atoms with Crippen molar-refractivity contribution in [1.29, 1.82) is 5.26 Å². The number of carbonyl (C=O) groups excluding carboxylic acids is 1. The summed E-state index contributed by atoms with van der Waals surface area (Å²) in [4.78, 5) is 20.9. The Labute approximate surface area is 181 Å². The zero-order chi connectivity index (χ0) is 22.1. The predicted molar refractivity (Wildman–Crippen MR) is 115 cm³/mol. The first-order valence-corrected chi connectivity index (χ1v) is 10.2. The highest BCUT2D eigenvalue weighted by atomic mass is 16.5. The Balaban J connectivity index is 1.53. The molecule has 0 spiro atoms. The minimum Gasteiger partial charge on any atom is -0.490 e. The Morgan fingerprint density at radius 1 is 1.26 bits per heavy atom. The maximum Gasteiger partial charge on any atom is 0.227 e. The number of nitrogens with zero attached hydrogens (tertiary/aromatic N) is 4. The number of amides is 1. The molecule has 0 atom stereocenters. The van der Waals surface area contributed by atoms with Crippen molar-refractivity contribution in [2.24, 2.45) is 0 Å². The first-order valence-electron chi connectivity index (χ1n) is 10.2. The molecule has 3 rings (SSSR count). The van der Waals surface area contributed by atoms with Gasteiger partial charge >= 0.3 is 0 Å². The molecule has 3 aromatic rings. The summed E-state index contributed by atoms with van der Waals surface area (Å²) >= 11 is 0. The molecule has 2 heterocycles. The van der Waals surface area contributed by atoms with Gasteiger partial charge < -0.3 is 14.6 Å². The number of aromatic nitrogens is 3. The Bertz CT molecular complexity index is 1040. The number of benzene rings is 1. The largest absolute Gasteiger partial charge is 0.490 e. The quantitative estimate of drug-likeness (QED) is 0.481. The van der Waals surface area contributed by atoms with Crippen LogP contribution in [0.15, 0.2) is 47.1 Å². The van der Waals surface area contributed by atoms with E-state index in [9.17, 15) is 4.79 Å². The third kappa shape index (κ3) is 6.37. The summed E-state index contributed by atoms with van der Waals surface area (Å²) in [6.07, 6.45) is 3.08. The van der Waals surface area contributed by atoms with Gasteiger partial charge in [0.05, 0.1) is 12.7 Å². The number of hydrogen-bond donors (Lipinski definition) is 1. The van der Waals surface area contributed by atoms with Crippen LogP contribution in [0.25, 0.3) is 11.4 Å². The van der Waals surface area contributed by atoms with Gasteiger partial charge in [-0.25, -0.2) is 4.98 Å². The number of pyridine rings is 1. The molecule has 0 aliphatic heterocycles. The minimum atomic E-state index is -0.235. The molecule has 1 amide bonds. The van der Waals surface area contributed by atoms with Crippen molar-refractivity contribution in [1.82, 2.24) is 15.1 Å². The van der Waals surface area contributed by atoms with Crippen LogP contribution in [0, 0.1) is 11.3 Å². The highest BCUT2D eigenvalue weighted by Crippen LogP contribution is 2.22. The number of carbonyl (C=O) groups is 1. The zero-order valence-electron chi connectivity index (χ0n) is 17.7. The average Bonchev–Trinajstić information content (AvgIpc) is 3.25. The SMILES string of the molecule is CC(C)c1ccc(-c2noc(CCC(=O)Nc3ncccc3OCCCC#N)n2)cc1. The summed E-state index contributed by atoms with van der Waals surface area (Å²) in [7, 11) is 0. The van der Waals surface area contributed by atoms with Gasteiger partial charge in [-0.3, -0.25) is 4.79 Å². The lowest BCUT2D eigenvalue weighted by Gasteiger charge is -2.10. The van der Waals surface area contributed by atoms with Gasteiger partial charge in [0.1, 0.15) is 0 Å². The van der Waals surface area contributed by atoms with Gasteiger partial charge in [-0.2, -0.15) is 10.2 Å². The van der Waals surface area contributed by atoms with E-state index in [0.717, 1.165) is 5.56 Å². The molecule has 8 nitrogen and oxygen atoms in total. The molecule has 1 aromatic carbocycles. The van der Waals surface area contributed by atoms with E-state index < -0.39 is 0 Å². The monoisotopic (exact) mass is 419 g/mol. The minimum absolute atomic E-state index is 0.165. The van der Waals surface area contributed by atoms with Gasteiger partial charge in [-0.05, 0) is 30.0 Å². The van der Waals surface area contributed by atoms with Crippen molar-refractivity contribution in [2.75, 3.05) is 11.9 Å². The average molecular weight is 419 g/mol. The van der Waals surface area contributed by atoms with Crippen LogP contribution in [-0.4, -0.2) is 27.6 Å². The normalized spacial score (nSPS) is 10.6. The molecule has 8 heteroatoms. The topological polar surface area (TPSA) is 114 Å². The van der Waals surface area contributed by atoms with E-state index in [-0.39, 0.29) is 12.3 Å². The number of unbranched alkanes of at least 4 members (excludes halogenated alkanes) is 1. The maximum absolute atomic E-state index is 12.4. The maximum atomic E-state index is 12.4. The van der Waals surface area contributed by atoms with Crippen molar-refractivity contribution in [3.63, 3.8) is 0 Å². The van der Waals surface area contributed by atoms with Crippen LogP contribution in [0.3, 0.4) is 0 Å². The van der Waals surface area contributed by atoms with Crippen LogP contribution in [0.2, 0.25) is 0 Å². The first-order chi connectivity index (χ1) is 15.1. The third-order valence-electron chi connectivity index (χ3n) is 4.59. The van der Waals surface area contributed by atoms with Crippen LogP contribution < -0.4 is 10.1 Å². The lowest BCUT2D eigenvalue weighted by Crippen LogP contribution is -2.14. The molecule has 0 saturated carbocycles. The summed E-state index contributed by atoms with van der Waals surface area (Å²) in [5, 5.41) is 15.4. The van der Waals surface area contributed by atoms with Crippen LogP contribution in [0.1, 0.15) is 50.5 Å². The lowest BCUT2D eigenvalue weighted by molar-refractivity contribution is -0.116. The van der Waals surface area contributed by atoms with E-state index >= 15 is 0 Å². The Kier molecular flexibility index (Phi) is 7.71. The number of aryl methyl sites for hydroxylation is 1. The summed E-state index contributed by atoms with van der Waals surface area (Å²) in [6.45, 7) is 4.66. The van der Waals surface area contributed by atoms with Crippen LogP contribution in [0.4, 0.5) is 5.82 Å². The number of nitrogens with one attached hydrogen (secondary N) is 1. The highest BCUT2D eigenvalue weighted by Gasteiger charge is 2.13. The van der Waals surface area contributed by atoms with Gasteiger partial charge in [0.2, 0.25) is 17.6 Å². The van der Waals surface area contributed by atoms with Gasteiger partial charge in [0.15, 0.2) is 11.6 Å². The number of rotatable bonds is 10. The molecular weight excluding hydrogens is 394 g/mol. The molecule has 160 valence electrons.